The van der Waals surface area contributed by atoms with Crippen LogP contribution in [0.1, 0.15) is 18.4 Å². The Morgan fingerprint density at radius 2 is 1.55 bits per heavy atom. The Hall–Kier alpha value is -4.95. The van der Waals surface area contributed by atoms with E-state index >= 15 is 0 Å². The molecule has 0 spiro atoms. The van der Waals surface area contributed by atoms with Gasteiger partial charge in [0.25, 0.3) is 11.1 Å². The first-order valence-electron chi connectivity index (χ1n) is 13.6. The summed E-state index contributed by atoms with van der Waals surface area (Å²) in [6.07, 6.45) is 9.33. The molecule has 0 radical (unpaired) electrons. The maximum atomic E-state index is 13.0. The number of carboxylic acid groups (broad SMARTS) is 1. The number of para-hydroxylation sites is 2. The number of carbonyl (C=O) groups excluding carboxylic acids is 1. The monoisotopic (exact) mass is 577 g/mol. The number of benzene rings is 3. The fourth-order valence-corrected chi connectivity index (χ4v) is 5.19. The second-order valence-corrected chi connectivity index (χ2v) is 10.4. The van der Waals surface area contributed by atoms with E-state index in [4.69, 9.17) is 17.0 Å². The summed E-state index contributed by atoms with van der Waals surface area (Å²) >= 11 is 5.17. The van der Waals surface area contributed by atoms with Gasteiger partial charge in [-0.1, -0.05) is 66.8 Å². The molecule has 1 N–H and O–H groups in total. The van der Waals surface area contributed by atoms with Crippen LogP contribution in [0.2, 0.25) is 0 Å². The molecule has 0 saturated carbocycles. The van der Waals surface area contributed by atoms with Crippen LogP contribution in [-0.2, 0) is 14.3 Å². The summed E-state index contributed by atoms with van der Waals surface area (Å²) < 4.78 is 5.61. The summed E-state index contributed by atoms with van der Waals surface area (Å²) in [7, 11) is 4.03. The molecule has 1 heterocycles. The summed E-state index contributed by atoms with van der Waals surface area (Å²) in [6, 6.07) is 28.4. The van der Waals surface area contributed by atoms with Gasteiger partial charge in [-0.05, 0) is 84.2 Å². The lowest BCUT2D eigenvalue weighted by atomic mass is 10.1. The Bertz CT molecular complexity index is 1570. The molecule has 5 rings (SSSR count). The van der Waals surface area contributed by atoms with Crippen molar-refractivity contribution in [3.8, 4) is 0 Å². The van der Waals surface area contributed by atoms with Crippen molar-refractivity contribution in [3.05, 3.63) is 131 Å². The second-order valence-electron chi connectivity index (χ2n) is 10.1. The van der Waals surface area contributed by atoms with Crippen LogP contribution in [0.5, 0.6) is 0 Å². The highest BCUT2D eigenvalue weighted by Crippen LogP contribution is 2.42. The third-order valence-electron chi connectivity index (χ3n) is 6.99. The van der Waals surface area contributed by atoms with E-state index in [2.05, 4.69) is 46.2 Å². The van der Waals surface area contributed by atoms with Crippen molar-refractivity contribution >= 4 is 52.4 Å². The number of hydrogen-bond acceptors (Lipinski definition) is 6. The predicted molar refractivity (Wildman–Crippen MR) is 170 cm³/mol. The largest absolute Gasteiger partial charge is 0.480 e. The number of ether oxygens (including phenoxy) is 1. The minimum Gasteiger partial charge on any atom is -0.480 e. The number of carbonyl (C=O) groups is 2. The lowest BCUT2D eigenvalue weighted by molar-refractivity contribution is -0.140. The van der Waals surface area contributed by atoms with E-state index in [0.717, 1.165) is 50.8 Å². The lowest BCUT2D eigenvalue weighted by Gasteiger charge is -2.28. The van der Waals surface area contributed by atoms with Gasteiger partial charge in [-0.15, -0.1) is 0 Å². The number of allylic oxidation sites excluding steroid dienone is 5. The van der Waals surface area contributed by atoms with Crippen LogP contribution in [0.3, 0.4) is 0 Å². The van der Waals surface area contributed by atoms with Crippen LogP contribution in [0.25, 0.3) is 6.08 Å². The highest BCUT2D eigenvalue weighted by Gasteiger charge is 2.36. The molecule has 1 saturated heterocycles. The van der Waals surface area contributed by atoms with Gasteiger partial charge >= 0.3 is 5.97 Å². The number of rotatable bonds is 9. The van der Waals surface area contributed by atoms with Gasteiger partial charge in [0.15, 0.2) is 5.76 Å². The zero-order valence-corrected chi connectivity index (χ0v) is 24.3. The fourth-order valence-electron chi connectivity index (χ4n) is 4.95. The maximum Gasteiger partial charge on any atom is 0.323 e. The zero-order valence-electron chi connectivity index (χ0n) is 23.4. The molecule has 3 aromatic rings. The van der Waals surface area contributed by atoms with Crippen LogP contribution >= 0.6 is 12.2 Å². The number of thiocarbonyl (C=S) groups is 1. The molecular weight excluding hydrogens is 546 g/mol. The zero-order chi connectivity index (χ0) is 29.6. The van der Waals surface area contributed by atoms with Crippen LogP contribution in [0.4, 0.5) is 17.1 Å². The normalized spacial score (nSPS) is 17.0. The number of hydrogen-bond donors (Lipinski definition) is 1. The summed E-state index contributed by atoms with van der Waals surface area (Å²) in [4.78, 5) is 29.5. The Kier molecular flexibility index (Phi) is 8.64. The quantitative estimate of drug-likeness (QED) is 0.224. The molecule has 7 nitrogen and oxygen atoms in total. The molecule has 0 unspecified atom stereocenters. The van der Waals surface area contributed by atoms with Crippen LogP contribution in [0.15, 0.2) is 126 Å². The standard InChI is InChI=1S/C34H31N3O4S/c1-35(2)27-20-16-24(17-21-27)10-9-11-25-18-19-26(22-30-33(40)36(23-31(38)39)34(42)41-30)32(25)37(28-12-5-3-6-13-28)29-14-7-4-8-15-29/h3-17,20-22H,18-19,23H2,1-2H3,(H,38,39). The molecule has 3 aromatic carbocycles. The van der Waals surface area contributed by atoms with Gasteiger partial charge in [-0.2, -0.15) is 0 Å². The van der Waals surface area contributed by atoms with Crippen molar-refractivity contribution in [3.63, 3.8) is 0 Å². The van der Waals surface area contributed by atoms with Gasteiger partial charge in [0, 0.05) is 31.2 Å². The van der Waals surface area contributed by atoms with Gasteiger partial charge in [-0.25, -0.2) is 0 Å². The van der Waals surface area contributed by atoms with Crippen molar-refractivity contribution in [1.82, 2.24) is 4.90 Å². The highest BCUT2D eigenvalue weighted by molar-refractivity contribution is 7.80. The fraction of sp³-hybridized carbons (Fsp3) is 0.147. The van der Waals surface area contributed by atoms with Gasteiger partial charge in [0.05, 0.1) is 5.70 Å². The lowest BCUT2D eigenvalue weighted by Crippen LogP contribution is -2.33. The molecule has 2 aliphatic rings. The molecule has 1 amide bonds. The van der Waals surface area contributed by atoms with Crippen molar-refractivity contribution in [2.75, 3.05) is 30.4 Å². The molecule has 1 fully saturated rings. The molecular formula is C34H31N3O4S. The molecule has 1 aliphatic carbocycles. The van der Waals surface area contributed by atoms with Gasteiger partial charge in [0.2, 0.25) is 0 Å². The van der Waals surface area contributed by atoms with Crippen LogP contribution < -0.4 is 9.80 Å². The summed E-state index contributed by atoms with van der Waals surface area (Å²) in [5.41, 5.74) is 7.07. The topological polar surface area (TPSA) is 73.3 Å². The third-order valence-corrected chi connectivity index (χ3v) is 7.30. The van der Waals surface area contributed by atoms with E-state index in [9.17, 15) is 14.7 Å². The van der Waals surface area contributed by atoms with E-state index in [-0.39, 0.29) is 10.9 Å². The van der Waals surface area contributed by atoms with Gasteiger partial charge < -0.3 is 19.6 Å². The molecule has 0 bridgehead atoms. The van der Waals surface area contributed by atoms with Crippen molar-refractivity contribution in [1.29, 1.82) is 0 Å². The van der Waals surface area contributed by atoms with E-state index in [1.165, 1.54) is 0 Å². The Labute approximate surface area is 250 Å². The van der Waals surface area contributed by atoms with E-state index in [1.807, 2.05) is 80.8 Å². The average molecular weight is 578 g/mol. The number of amides is 1. The number of anilines is 3. The Morgan fingerprint density at radius 3 is 2.12 bits per heavy atom. The first-order chi connectivity index (χ1) is 20.3. The van der Waals surface area contributed by atoms with Crippen LogP contribution in [0, 0.1) is 0 Å². The number of aliphatic carboxylic acids is 1. The molecule has 1 aliphatic heterocycles. The highest BCUT2D eigenvalue weighted by atomic mass is 32.1. The molecule has 0 aromatic heterocycles. The SMILES string of the molecule is CN(C)c1ccc(C=CC=C2CCC(C=C3OC(=S)N(CC(=O)O)C3=O)=C2N(c2ccccc2)c2ccccc2)cc1. The Morgan fingerprint density at radius 1 is 0.929 bits per heavy atom. The van der Waals surface area contributed by atoms with Crippen molar-refractivity contribution < 1.29 is 19.4 Å². The van der Waals surface area contributed by atoms with Gasteiger partial charge in [0.1, 0.15) is 6.54 Å². The van der Waals surface area contributed by atoms with E-state index in [0.29, 0.717) is 6.42 Å². The third kappa shape index (κ3) is 6.34. The average Bonchev–Trinajstić information content (AvgIpc) is 3.49. The molecule has 212 valence electrons. The maximum absolute atomic E-state index is 13.0. The molecule has 0 atom stereocenters. The summed E-state index contributed by atoms with van der Waals surface area (Å²) in [5, 5.41) is 9.07. The van der Waals surface area contributed by atoms with E-state index < -0.39 is 18.4 Å². The molecule has 8 heteroatoms. The number of nitrogens with zero attached hydrogens (tertiary/aromatic N) is 3. The second kappa shape index (κ2) is 12.7. The van der Waals surface area contributed by atoms with Crippen molar-refractivity contribution in [2.24, 2.45) is 0 Å². The predicted octanol–water partition coefficient (Wildman–Crippen LogP) is 6.69. The summed E-state index contributed by atoms with van der Waals surface area (Å²) in [5.74, 6) is -1.70. The van der Waals surface area contributed by atoms with Gasteiger partial charge in [-0.3, -0.25) is 14.5 Å². The van der Waals surface area contributed by atoms with E-state index in [1.54, 1.807) is 6.08 Å². The molecule has 42 heavy (non-hydrogen) atoms. The minimum absolute atomic E-state index is 0.0209. The number of carboxylic acids is 1. The minimum atomic E-state index is -1.16. The van der Waals surface area contributed by atoms with Crippen molar-refractivity contribution in [2.45, 2.75) is 12.8 Å². The summed E-state index contributed by atoms with van der Waals surface area (Å²) in [6.45, 7) is -0.549. The smallest absolute Gasteiger partial charge is 0.323 e. The first-order valence-corrected chi connectivity index (χ1v) is 14.0. The van der Waals surface area contributed by atoms with Crippen LogP contribution in [-0.4, -0.2) is 47.7 Å². The Balaban J connectivity index is 1.59. The first kappa shape index (κ1) is 28.6.